The van der Waals surface area contributed by atoms with Crippen molar-refractivity contribution in [3.05, 3.63) is 48.3 Å². The molecule has 0 unspecified atom stereocenters. The van der Waals surface area contributed by atoms with Crippen LogP contribution >= 0.6 is 0 Å². The normalized spacial score (nSPS) is 11.3. The molecule has 28 heavy (non-hydrogen) atoms. The van der Waals surface area contributed by atoms with Crippen LogP contribution in [-0.4, -0.2) is 46.4 Å². The van der Waals surface area contributed by atoms with Crippen LogP contribution in [0, 0.1) is 5.82 Å². The van der Waals surface area contributed by atoms with Gasteiger partial charge in [-0.1, -0.05) is 0 Å². The van der Waals surface area contributed by atoms with E-state index in [0.717, 1.165) is 16.4 Å². The summed E-state index contributed by atoms with van der Waals surface area (Å²) in [5, 5.41) is 2.73. The van der Waals surface area contributed by atoms with Crippen LogP contribution in [0.3, 0.4) is 0 Å². The summed E-state index contributed by atoms with van der Waals surface area (Å²) in [6, 6.07) is 9.64. The third-order valence-electron chi connectivity index (χ3n) is 4.08. The Morgan fingerprint density at radius 3 is 2.39 bits per heavy atom. The number of halogens is 1. The molecule has 0 spiro atoms. The van der Waals surface area contributed by atoms with Gasteiger partial charge in [0.2, 0.25) is 15.9 Å². The fraction of sp³-hybridized carbons (Fsp3) is 0.316. The zero-order chi connectivity index (χ0) is 20.7. The lowest BCUT2D eigenvalue weighted by atomic mass is 10.2. The van der Waals surface area contributed by atoms with Crippen molar-refractivity contribution >= 4 is 21.6 Å². The molecule has 2 aromatic rings. The standard InChI is InChI=1S/C19H23FN2O5S/c1-22(28(24,25)16-9-6-14(20)7-10-16)12-4-5-19(23)21-17-13-15(26-2)8-11-18(17)27-3/h6-11,13H,4-5,12H2,1-3H3,(H,21,23). The maximum atomic E-state index is 13.0. The molecule has 0 aliphatic rings. The van der Waals surface area contributed by atoms with Gasteiger partial charge in [0.05, 0.1) is 24.8 Å². The van der Waals surface area contributed by atoms with E-state index < -0.39 is 15.8 Å². The summed E-state index contributed by atoms with van der Waals surface area (Å²) >= 11 is 0. The molecule has 0 aliphatic carbocycles. The first kappa shape index (κ1) is 21.6. The van der Waals surface area contributed by atoms with Gasteiger partial charge in [0.25, 0.3) is 0 Å². The second-order valence-corrected chi connectivity index (χ2v) is 8.04. The van der Waals surface area contributed by atoms with E-state index in [1.54, 1.807) is 18.2 Å². The van der Waals surface area contributed by atoms with Crippen molar-refractivity contribution in [2.45, 2.75) is 17.7 Å². The molecule has 0 atom stereocenters. The molecule has 0 aromatic heterocycles. The smallest absolute Gasteiger partial charge is 0.242 e. The minimum absolute atomic E-state index is 0.00182. The van der Waals surface area contributed by atoms with Crippen LogP contribution < -0.4 is 14.8 Å². The molecule has 9 heteroatoms. The molecule has 0 aliphatic heterocycles. The van der Waals surface area contributed by atoms with E-state index in [1.165, 1.54) is 33.4 Å². The maximum Gasteiger partial charge on any atom is 0.242 e. The van der Waals surface area contributed by atoms with E-state index >= 15 is 0 Å². The second-order valence-electron chi connectivity index (χ2n) is 6.00. The molecule has 0 saturated carbocycles. The summed E-state index contributed by atoms with van der Waals surface area (Å²) in [6.45, 7) is 0.141. The van der Waals surface area contributed by atoms with E-state index in [4.69, 9.17) is 9.47 Å². The van der Waals surface area contributed by atoms with E-state index in [0.29, 0.717) is 23.6 Å². The molecule has 0 bridgehead atoms. The van der Waals surface area contributed by atoms with Crippen LogP contribution in [0.2, 0.25) is 0 Å². The van der Waals surface area contributed by atoms with Gasteiger partial charge in [0.1, 0.15) is 17.3 Å². The number of amides is 1. The Morgan fingerprint density at radius 1 is 1.11 bits per heavy atom. The van der Waals surface area contributed by atoms with Crippen LogP contribution in [0.5, 0.6) is 11.5 Å². The third-order valence-corrected chi connectivity index (χ3v) is 5.95. The number of sulfonamides is 1. The van der Waals surface area contributed by atoms with E-state index in [2.05, 4.69) is 5.32 Å². The van der Waals surface area contributed by atoms with E-state index in [-0.39, 0.29) is 23.8 Å². The maximum absolute atomic E-state index is 13.0. The number of carbonyl (C=O) groups is 1. The molecular formula is C19H23FN2O5S. The Bertz CT molecular complexity index is 916. The lowest BCUT2D eigenvalue weighted by Crippen LogP contribution is -2.28. The lowest BCUT2D eigenvalue weighted by molar-refractivity contribution is -0.116. The van der Waals surface area contributed by atoms with Gasteiger partial charge in [-0.2, -0.15) is 0 Å². The van der Waals surface area contributed by atoms with Crippen molar-refractivity contribution in [3.63, 3.8) is 0 Å². The van der Waals surface area contributed by atoms with Crippen LogP contribution in [-0.2, 0) is 14.8 Å². The number of hydrogen-bond donors (Lipinski definition) is 1. The van der Waals surface area contributed by atoms with Gasteiger partial charge >= 0.3 is 0 Å². The van der Waals surface area contributed by atoms with Crippen molar-refractivity contribution in [3.8, 4) is 11.5 Å². The number of ether oxygens (including phenoxy) is 2. The molecule has 0 heterocycles. The highest BCUT2D eigenvalue weighted by Gasteiger charge is 2.20. The molecule has 1 N–H and O–H groups in total. The van der Waals surface area contributed by atoms with Gasteiger partial charge in [-0.05, 0) is 42.8 Å². The van der Waals surface area contributed by atoms with E-state index in [1.807, 2.05) is 0 Å². The predicted octanol–water partition coefficient (Wildman–Crippen LogP) is 2.88. The summed E-state index contributed by atoms with van der Waals surface area (Å²) in [4.78, 5) is 12.2. The van der Waals surface area contributed by atoms with Crippen molar-refractivity contribution in [1.82, 2.24) is 4.31 Å². The van der Waals surface area contributed by atoms with Gasteiger partial charge in [-0.25, -0.2) is 17.1 Å². The van der Waals surface area contributed by atoms with Gasteiger partial charge in [0, 0.05) is 26.1 Å². The summed E-state index contributed by atoms with van der Waals surface area (Å²) in [5.74, 6) is 0.275. The van der Waals surface area contributed by atoms with Crippen molar-refractivity contribution in [2.24, 2.45) is 0 Å². The highest BCUT2D eigenvalue weighted by atomic mass is 32.2. The molecule has 7 nitrogen and oxygen atoms in total. The monoisotopic (exact) mass is 410 g/mol. The number of hydrogen-bond acceptors (Lipinski definition) is 5. The Balaban J connectivity index is 1.92. The Hall–Kier alpha value is -2.65. The van der Waals surface area contributed by atoms with Crippen molar-refractivity contribution < 1.29 is 27.1 Å². The summed E-state index contributed by atoms with van der Waals surface area (Å²) in [6.07, 6.45) is 0.429. The number of carbonyl (C=O) groups excluding carboxylic acids is 1. The van der Waals surface area contributed by atoms with Crippen LogP contribution in [0.4, 0.5) is 10.1 Å². The number of anilines is 1. The summed E-state index contributed by atoms with van der Waals surface area (Å²) in [5.41, 5.74) is 0.471. The molecule has 0 radical (unpaired) electrons. The topological polar surface area (TPSA) is 84.9 Å². The molecule has 0 fully saturated rings. The van der Waals surface area contributed by atoms with Gasteiger partial charge < -0.3 is 14.8 Å². The quantitative estimate of drug-likeness (QED) is 0.687. The van der Waals surface area contributed by atoms with Crippen LogP contribution in [0.25, 0.3) is 0 Å². The minimum atomic E-state index is -3.73. The Morgan fingerprint density at radius 2 is 1.79 bits per heavy atom. The van der Waals surface area contributed by atoms with Gasteiger partial charge in [0.15, 0.2) is 0 Å². The predicted molar refractivity (Wildman–Crippen MR) is 104 cm³/mol. The second kappa shape index (κ2) is 9.52. The molecule has 0 saturated heterocycles. The van der Waals surface area contributed by atoms with Gasteiger partial charge in [-0.15, -0.1) is 0 Å². The van der Waals surface area contributed by atoms with Crippen molar-refractivity contribution in [2.75, 3.05) is 33.1 Å². The highest BCUT2D eigenvalue weighted by Crippen LogP contribution is 2.29. The number of benzene rings is 2. The zero-order valence-corrected chi connectivity index (χ0v) is 16.8. The minimum Gasteiger partial charge on any atom is -0.497 e. The number of nitrogens with zero attached hydrogens (tertiary/aromatic N) is 1. The number of rotatable bonds is 9. The fourth-order valence-electron chi connectivity index (χ4n) is 2.49. The first-order chi connectivity index (χ1) is 13.3. The average molecular weight is 410 g/mol. The van der Waals surface area contributed by atoms with Gasteiger partial charge in [-0.3, -0.25) is 4.79 Å². The van der Waals surface area contributed by atoms with Crippen LogP contribution in [0.1, 0.15) is 12.8 Å². The number of nitrogens with one attached hydrogen (secondary N) is 1. The fourth-order valence-corrected chi connectivity index (χ4v) is 3.70. The lowest BCUT2D eigenvalue weighted by Gasteiger charge is -2.17. The zero-order valence-electron chi connectivity index (χ0n) is 15.9. The first-order valence-electron chi connectivity index (χ1n) is 8.51. The highest BCUT2D eigenvalue weighted by molar-refractivity contribution is 7.89. The Kier molecular flexibility index (Phi) is 7.36. The summed E-state index contributed by atoms with van der Waals surface area (Å²) in [7, 11) is 0.696. The molecular weight excluding hydrogens is 387 g/mol. The van der Waals surface area contributed by atoms with E-state index in [9.17, 15) is 17.6 Å². The van der Waals surface area contributed by atoms with Crippen molar-refractivity contribution in [1.29, 1.82) is 0 Å². The number of methoxy groups -OCH3 is 2. The largest absolute Gasteiger partial charge is 0.497 e. The SMILES string of the molecule is COc1ccc(OC)c(NC(=O)CCCN(C)S(=O)(=O)c2ccc(F)cc2)c1. The summed E-state index contributed by atoms with van der Waals surface area (Å²) < 4.78 is 49.3. The molecule has 2 rings (SSSR count). The first-order valence-corrected chi connectivity index (χ1v) is 9.95. The molecule has 2 aromatic carbocycles. The molecule has 1 amide bonds. The Labute approximate surface area is 164 Å². The molecule has 152 valence electrons. The average Bonchev–Trinajstić information content (AvgIpc) is 2.68. The third kappa shape index (κ3) is 5.43. The van der Waals surface area contributed by atoms with Crippen LogP contribution in [0.15, 0.2) is 47.4 Å².